The molecule has 0 bridgehead atoms. The molecule has 1 unspecified atom stereocenters. The Morgan fingerprint density at radius 3 is 2.62 bits per heavy atom. The number of imidazole rings is 1. The molecule has 0 amide bonds. The average Bonchev–Trinajstić information content (AvgIpc) is 3.21. The van der Waals surface area contributed by atoms with Gasteiger partial charge in [-0.25, -0.2) is 9.97 Å². The molecular formula is C22H35ClN6. The van der Waals surface area contributed by atoms with Crippen LogP contribution in [0, 0.1) is 5.41 Å². The molecule has 1 saturated heterocycles. The van der Waals surface area contributed by atoms with Gasteiger partial charge in [0, 0.05) is 51.3 Å². The summed E-state index contributed by atoms with van der Waals surface area (Å²) in [7, 11) is 2.09. The van der Waals surface area contributed by atoms with E-state index in [1.54, 1.807) is 0 Å². The minimum atomic E-state index is 0. The van der Waals surface area contributed by atoms with E-state index in [0.29, 0.717) is 11.5 Å². The molecule has 160 valence electrons. The minimum Gasteiger partial charge on any atom is -0.360 e. The summed E-state index contributed by atoms with van der Waals surface area (Å²) >= 11 is 0. The van der Waals surface area contributed by atoms with Crippen molar-refractivity contribution in [2.75, 3.05) is 31.6 Å². The normalized spacial score (nSPS) is 19.9. The fraction of sp³-hybridized carbons (Fsp3) is 0.636. The van der Waals surface area contributed by atoms with Crippen LogP contribution in [0.5, 0.6) is 0 Å². The molecule has 4 rings (SSSR count). The van der Waals surface area contributed by atoms with Crippen LogP contribution in [0.15, 0.2) is 30.7 Å². The van der Waals surface area contributed by atoms with Crippen LogP contribution in [0.25, 0.3) is 0 Å². The zero-order valence-corrected chi connectivity index (χ0v) is 18.8. The Kier molecular flexibility index (Phi) is 7.19. The van der Waals surface area contributed by atoms with Crippen LogP contribution >= 0.6 is 12.4 Å². The van der Waals surface area contributed by atoms with Crippen molar-refractivity contribution >= 4 is 18.2 Å². The largest absolute Gasteiger partial charge is 0.360 e. The van der Waals surface area contributed by atoms with E-state index < -0.39 is 0 Å². The summed E-state index contributed by atoms with van der Waals surface area (Å²) in [5.41, 5.74) is 1.81. The quantitative estimate of drug-likeness (QED) is 0.712. The summed E-state index contributed by atoms with van der Waals surface area (Å²) in [6.45, 7) is 10.5. The predicted molar refractivity (Wildman–Crippen MR) is 121 cm³/mol. The Balaban J connectivity index is 0.00000240. The van der Waals surface area contributed by atoms with Gasteiger partial charge in [-0.15, -0.1) is 12.4 Å². The summed E-state index contributed by atoms with van der Waals surface area (Å²) in [4.78, 5) is 14.2. The van der Waals surface area contributed by atoms with Crippen molar-refractivity contribution in [1.29, 1.82) is 0 Å². The third-order valence-corrected chi connectivity index (χ3v) is 6.73. The van der Waals surface area contributed by atoms with Crippen LogP contribution in [0.4, 0.5) is 5.82 Å². The summed E-state index contributed by atoms with van der Waals surface area (Å²) in [6.07, 6.45) is 10.0. The lowest BCUT2D eigenvalue weighted by Gasteiger charge is -2.29. The number of nitrogens with zero attached hydrogens (tertiary/aromatic N) is 5. The maximum atomic E-state index is 4.69. The fourth-order valence-electron chi connectivity index (χ4n) is 4.67. The summed E-state index contributed by atoms with van der Waals surface area (Å²) in [5.74, 6) is 2.22. The Morgan fingerprint density at radius 1 is 1.17 bits per heavy atom. The van der Waals surface area contributed by atoms with E-state index in [0.717, 1.165) is 45.1 Å². The number of aromatic nitrogens is 3. The molecule has 2 fully saturated rings. The number of anilines is 1. The Morgan fingerprint density at radius 2 is 1.97 bits per heavy atom. The van der Waals surface area contributed by atoms with Gasteiger partial charge in [0.1, 0.15) is 11.6 Å². The molecule has 2 aromatic rings. The molecule has 0 aromatic carbocycles. The van der Waals surface area contributed by atoms with E-state index in [9.17, 15) is 0 Å². The monoisotopic (exact) mass is 418 g/mol. The number of piperidine rings is 1. The van der Waals surface area contributed by atoms with Crippen LogP contribution in [0.1, 0.15) is 44.5 Å². The van der Waals surface area contributed by atoms with Gasteiger partial charge in [-0.05, 0) is 63.2 Å². The van der Waals surface area contributed by atoms with Crippen molar-refractivity contribution in [3.05, 3.63) is 42.1 Å². The van der Waals surface area contributed by atoms with Crippen LogP contribution in [0.3, 0.4) is 0 Å². The molecule has 7 heteroatoms. The van der Waals surface area contributed by atoms with Crippen LogP contribution in [-0.4, -0.2) is 52.2 Å². The number of pyridine rings is 1. The number of hydrogen-bond acceptors (Lipinski definition) is 5. The highest BCUT2D eigenvalue weighted by molar-refractivity contribution is 5.85. The van der Waals surface area contributed by atoms with E-state index >= 15 is 0 Å². The summed E-state index contributed by atoms with van der Waals surface area (Å²) in [5, 5.41) is 3.53. The molecule has 1 N–H and O–H groups in total. The highest BCUT2D eigenvalue weighted by Crippen LogP contribution is 2.56. The van der Waals surface area contributed by atoms with Crippen molar-refractivity contribution in [3.8, 4) is 0 Å². The molecule has 29 heavy (non-hydrogen) atoms. The first kappa shape index (κ1) is 22.1. The van der Waals surface area contributed by atoms with Gasteiger partial charge in [0.05, 0.1) is 6.54 Å². The highest BCUT2D eigenvalue weighted by Gasteiger charge is 2.56. The number of halogens is 1. The molecule has 3 heterocycles. The van der Waals surface area contributed by atoms with Crippen LogP contribution < -0.4 is 10.2 Å². The first-order valence-electron chi connectivity index (χ1n) is 10.8. The first-order valence-corrected chi connectivity index (χ1v) is 10.8. The Labute approximate surface area is 181 Å². The van der Waals surface area contributed by atoms with Crippen molar-refractivity contribution < 1.29 is 0 Å². The lowest BCUT2D eigenvalue weighted by molar-refractivity contribution is 0.182. The third-order valence-electron chi connectivity index (χ3n) is 6.73. The molecule has 1 spiro atoms. The lowest BCUT2D eigenvalue weighted by Crippen LogP contribution is -2.36. The van der Waals surface area contributed by atoms with Gasteiger partial charge < -0.3 is 14.8 Å². The van der Waals surface area contributed by atoms with Gasteiger partial charge in [-0.1, -0.05) is 6.07 Å². The number of aryl methyl sites for hydroxylation is 1. The van der Waals surface area contributed by atoms with Crippen LogP contribution in [0.2, 0.25) is 0 Å². The molecule has 2 aliphatic rings. The molecular weight excluding hydrogens is 384 g/mol. The van der Waals surface area contributed by atoms with Gasteiger partial charge in [0.25, 0.3) is 0 Å². The second-order valence-corrected chi connectivity index (χ2v) is 8.41. The van der Waals surface area contributed by atoms with E-state index in [1.165, 1.54) is 30.7 Å². The standard InChI is InChI=1S/C22H34N6.ClH/c1-4-26(3)20-7-6-18(15-25-20)16-28(17-21-24-12-13-27(21)5-2)19-14-22(19)8-10-23-11-9-22;/h6-7,12-13,15,19,23H,4-5,8-11,14,16-17H2,1-3H3;1H. The number of hydrogen-bond donors (Lipinski definition) is 1. The molecule has 2 aromatic heterocycles. The van der Waals surface area contributed by atoms with E-state index in [1.807, 2.05) is 6.20 Å². The molecule has 1 aliphatic heterocycles. The first-order chi connectivity index (χ1) is 13.6. The van der Waals surface area contributed by atoms with E-state index in [2.05, 4.69) is 75.1 Å². The smallest absolute Gasteiger partial charge is 0.128 e. The highest BCUT2D eigenvalue weighted by atomic mass is 35.5. The maximum Gasteiger partial charge on any atom is 0.128 e. The SMILES string of the molecule is CCN(C)c1ccc(CN(Cc2nccn2CC)C2CC23CCNCC3)cn1.Cl. The molecule has 1 saturated carbocycles. The predicted octanol–water partition coefficient (Wildman–Crippen LogP) is 3.32. The average molecular weight is 419 g/mol. The maximum absolute atomic E-state index is 4.69. The van der Waals surface area contributed by atoms with Gasteiger partial charge in [0.2, 0.25) is 0 Å². The topological polar surface area (TPSA) is 49.2 Å². The molecule has 1 aliphatic carbocycles. The van der Waals surface area contributed by atoms with Gasteiger partial charge >= 0.3 is 0 Å². The third kappa shape index (κ3) is 4.76. The minimum absolute atomic E-state index is 0. The fourth-order valence-corrected chi connectivity index (χ4v) is 4.67. The zero-order chi connectivity index (χ0) is 19.6. The summed E-state index contributed by atoms with van der Waals surface area (Å²) < 4.78 is 2.27. The van der Waals surface area contributed by atoms with Crippen molar-refractivity contribution in [3.63, 3.8) is 0 Å². The zero-order valence-electron chi connectivity index (χ0n) is 18.0. The van der Waals surface area contributed by atoms with Crippen molar-refractivity contribution in [2.24, 2.45) is 5.41 Å². The van der Waals surface area contributed by atoms with Crippen molar-refractivity contribution in [2.45, 2.75) is 58.8 Å². The van der Waals surface area contributed by atoms with Crippen molar-refractivity contribution in [1.82, 2.24) is 24.8 Å². The second-order valence-electron chi connectivity index (χ2n) is 8.41. The van der Waals surface area contributed by atoms with Gasteiger partial charge in [0.15, 0.2) is 0 Å². The van der Waals surface area contributed by atoms with E-state index in [4.69, 9.17) is 0 Å². The van der Waals surface area contributed by atoms with Gasteiger partial charge in [-0.3, -0.25) is 4.90 Å². The van der Waals surface area contributed by atoms with E-state index in [-0.39, 0.29) is 12.4 Å². The van der Waals surface area contributed by atoms with Crippen LogP contribution in [-0.2, 0) is 19.6 Å². The molecule has 6 nitrogen and oxygen atoms in total. The molecule has 1 atom stereocenters. The Hall–Kier alpha value is -1.63. The Bertz CT molecular complexity index is 768. The lowest BCUT2D eigenvalue weighted by atomic mass is 9.93. The molecule has 0 radical (unpaired) electrons. The second kappa shape index (κ2) is 9.45. The number of nitrogens with one attached hydrogen (secondary N) is 1. The number of rotatable bonds is 8. The van der Waals surface area contributed by atoms with Gasteiger partial charge in [-0.2, -0.15) is 0 Å². The summed E-state index contributed by atoms with van der Waals surface area (Å²) in [6, 6.07) is 5.05.